The lowest BCUT2D eigenvalue weighted by atomic mass is 10.1. The fourth-order valence-electron chi connectivity index (χ4n) is 2.63. The van der Waals surface area contributed by atoms with Crippen molar-refractivity contribution in [2.45, 2.75) is 6.54 Å². The average Bonchev–Trinajstić information content (AvgIpc) is 2.47. The Balaban J connectivity index is 2.15. The third-order valence-electron chi connectivity index (χ3n) is 3.48. The van der Waals surface area contributed by atoms with Crippen LogP contribution in [0.2, 0.25) is 5.02 Å². The lowest BCUT2D eigenvalue weighted by Crippen LogP contribution is -2.35. The van der Waals surface area contributed by atoms with Gasteiger partial charge in [0, 0.05) is 6.54 Å². The molecule has 1 aliphatic heterocycles. The summed E-state index contributed by atoms with van der Waals surface area (Å²) in [6.45, 7) is 0.952. The number of fused-ring (bicyclic) bond motifs is 1. The fraction of sp³-hybridized carbons (Fsp3) is 0.188. The Labute approximate surface area is 128 Å². The van der Waals surface area contributed by atoms with Crippen LogP contribution in [0.4, 0.5) is 17.1 Å². The molecular weight excluding hydrogens is 286 g/mol. The number of nitrogens with one attached hydrogen (secondary N) is 2. The monoisotopic (exact) mass is 301 g/mol. The molecule has 0 aromatic heterocycles. The molecule has 0 unspecified atom stereocenters. The molecule has 0 spiro atoms. The van der Waals surface area contributed by atoms with E-state index in [0.717, 1.165) is 22.6 Å². The minimum atomic E-state index is -0.0379. The van der Waals surface area contributed by atoms with Crippen molar-refractivity contribution < 1.29 is 4.79 Å². The first-order chi connectivity index (χ1) is 10.2. The van der Waals surface area contributed by atoms with Crippen molar-refractivity contribution in [3.05, 3.63) is 53.1 Å². The number of anilines is 3. The largest absolute Gasteiger partial charge is 0.329 e. The summed E-state index contributed by atoms with van der Waals surface area (Å²) in [6, 6.07) is 13.5. The highest BCUT2D eigenvalue weighted by Gasteiger charge is 2.25. The maximum Gasteiger partial charge on any atom is 0.244 e. The SMILES string of the molecule is CNCc1cccc(Cl)c1N1CC(=O)Nc2ccccc21. The lowest BCUT2D eigenvalue weighted by molar-refractivity contribution is -0.115. The Bertz CT molecular complexity index is 687. The molecule has 2 N–H and O–H groups in total. The van der Waals surface area contributed by atoms with Gasteiger partial charge in [-0.2, -0.15) is 0 Å². The van der Waals surface area contributed by atoms with E-state index in [1.807, 2.05) is 54.4 Å². The van der Waals surface area contributed by atoms with Gasteiger partial charge >= 0.3 is 0 Å². The highest BCUT2D eigenvalue weighted by molar-refractivity contribution is 6.33. The summed E-state index contributed by atoms with van der Waals surface area (Å²) in [5, 5.41) is 6.68. The van der Waals surface area contributed by atoms with Crippen LogP contribution < -0.4 is 15.5 Å². The second-order valence-electron chi connectivity index (χ2n) is 4.93. The Morgan fingerprint density at radius 1 is 1.24 bits per heavy atom. The van der Waals surface area contributed by atoms with Gasteiger partial charge in [-0.05, 0) is 30.8 Å². The molecule has 2 aromatic carbocycles. The smallest absolute Gasteiger partial charge is 0.244 e. The van der Waals surface area contributed by atoms with Crippen molar-refractivity contribution in [1.29, 1.82) is 0 Å². The number of amides is 1. The van der Waals surface area contributed by atoms with Crippen LogP contribution in [0.1, 0.15) is 5.56 Å². The zero-order chi connectivity index (χ0) is 14.8. The van der Waals surface area contributed by atoms with Gasteiger partial charge in [-0.25, -0.2) is 0 Å². The number of carbonyl (C=O) groups excluding carboxylic acids is 1. The van der Waals surface area contributed by atoms with Crippen LogP contribution in [0.15, 0.2) is 42.5 Å². The number of hydrogen-bond acceptors (Lipinski definition) is 3. The van der Waals surface area contributed by atoms with Gasteiger partial charge in [-0.15, -0.1) is 0 Å². The van der Waals surface area contributed by atoms with E-state index in [-0.39, 0.29) is 12.5 Å². The van der Waals surface area contributed by atoms with Crippen LogP contribution >= 0.6 is 11.6 Å². The summed E-state index contributed by atoms with van der Waals surface area (Å²) < 4.78 is 0. The first kappa shape index (κ1) is 13.9. The summed E-state index contributed by atoms with van der Waals surface area (Å²) in [7, 11) is 1.89. The third kappa shape index (κ3) is 2.60. The van der Waals surface area contributed by atoms with E-state index >= 15 is 0 Å². The first-order valence-corrected chi connectivity index (χ1v) is 7.17. The normalized spacial score (nSPS) is 13.8. The van der Waals surface area contributed by atoms with Crippen molar-refractivity contribution in [1.82, 2.24) is 5.32 Å². The molecule has 1 heterocycles. The van der Waals surface area contributed by atoms with Crippen molar-refractivity contribution in [3.8, 4) is 0 Å². The molecule has 0 fully saturated rings. The topological polar surface area (TPSA) is 44.4 Å². The Morgan fingerprint density at radius 3 is 2.86 bits per heavy atom. The quantitative estimate of drug-likeness (QED) is 0.915. The number of nitrogens with zero attached hydrogens (tertiary/aromatic N) is 1. The van der Waals surface area contributed by atoms with E-state index in [2.05, 4.69) is 10.6 Å². The first-order valence-electron chi connectivity index (χ1n) is 6.79. The van der Waals surface area contributed by atoms with Gasteiger partial charge in [-0.3, -0.25) is 4.79 Å². The van der Waals surface area contributed by atoms with Gasteiger partial charge in [0.15, 0.2) is 0 Å². The van der Waals surface area contributed by atoms with Gasteiger partial charge in [0.25, 0.3) is 0 Å². The molecule has 21 heavy (non-hydrogen) atoms. The Hall–Kier alpha value is -2.04. The van der Waals surface area contributed by atoms with Crippen molar-refractivity contribution >= 4 is 34.6 Å². The second kappa shape index (κ2) is 5.76. The number of benzene rings is 2. The molecule has 1 amide bonds. The van der Waals surface area contributed by atoms with Gasteiger partial charge in [-0.1, -0.05) is 35.9 Å². The summed E-state index contributed by atoms with van der Waals surface area (Å²) in [6.07, 6.45) is 0. The molecule has 0 radical (unpaired) electrons. The average molecular weight is 302 g/mol. The molecule has 3 rings (SSSR count). The third-order valence-corrected chi connectivity index (χ3v) is 3.78. The fourth-order valence-corrected chi connectivity index (χ4v) is 2.92. The minimum absolute atomic E-state index is 0.0379. The van der Waals surface area contributed by atoms with Gasteiger partial charge in [0.1, 0.15) is 6.54 Å². The van der Waals surface area contributed by atoms with E-state index in [1.165, 1.54) is 0 Å². The van der Waals surface area contributed by atoms with Crippen LogP contribution in [-0.4, -0.2) is 19.5 Å². The minimum Gasteiger partial charge on any atom is -0.329 e. The predicted molar refractivity (Wildman–Crippen MR) is 86.3 cm³/mol. The van der Waals surface area contributed by atoms with E-state index in [4.69, 9.17) is 11.6 Å². The molecule has 0 saturated carbocycles. The van der Waals surface area contributed by atoms with Crippen molar-refractivity contribution in [2.24, 2.45) is 0 Å². The summed E-state index contributed by atoms with van der Waals surface area (Å²) in [5.74, 6) is -0.0379. The Morgan fingerprint density at radius 2 is 2.05 bits per heavy atom. The number of hydrogen-bond donors (Lipinski definition) is 2. The lowest BCUT2D eigenvalue weighted by Gasteiger charge is -2.33. The van der Waals surface area contributed by atoms with Gasteiger partial charge < -0.3 is 15.5 Å². The van der Waals surface area contributed by atoms with Crippen molar-refractivity contribution in [3.63, 3.8) is 0 Å². The zero-order valence-corrected chi connectivity index (χ0v) is 12.4. The highest BCUT2D eigenvalue weighted by Crippen LogP contribution is 2.40. The molecule has 1 aliphatic rings. The van der Waals surface area contributed by atoms with Crippen LogP contribution in [-0.2, 0) is 11.3 Å². The molecule has 108 valence electrons. The number of rotatable bonds is 3. The molecule has 0 atom stereocenters. The maximum atomic E-state index is 12.0. The number of carbonyl (C=O) groups is 1. The van der Waals surface area contributed by atoms with Crippen molar-refractivity contribution in [2.75, 3.05) is 23.8 Å². The molecule has 0 saturated heterocycles. The number of halogens is 1. The second-order valence-corrected chi connectivity index (χ2v) is 5.34. The molecule has 2 aromatic rings. The Kier molecular flexibility index (Phi) is 3.82. The van der Waals surface area contributed by atoms with Crippen LogP contribution in [0.3, 0.4) is 0 Å². The van der Waals surface area contributed by atoms with E-state index in [1.54, 1.807) is 0 Å². The molecule has 0 aliphatic carbocycles. The zero-order valence-electron chi connectivity index (χ0n) is 11.7. The van der Waals surface area contributed by atoms with Gasteiger partial charge in [0.2, 0.25) is 5.91 Å². The highest BCUT2D eigenvalue weighted by atomic mass is 35.5. The molecule has 0 bridgehead atoms. The molecular formula is C16H16ClN3O. The van der Waals surface area contributed by atoms with Crippen LogP contribution in [0.5, 0.6) is 0 Å². The van der Waals surface area contributed by atoms with E-state index in [0.29, 0.717) is 11.6 Å². The standard InChI is InChI=1S/C16H16ClN3O/c1-18-9-11-5-4-6-12(17)16(11)20-10-15(21)19-13-7-2-3-8-14(13)20/h2-8,18H,9-10H2,1H3,(H,19,21). The molecule has 5 heteroatoms. The summed E-state index contributed by atoms with van der Waals surface area (Å²) in [4.78, 5) is 14.0. The van der Waals surface area contributed by atoms with Gasteiger partial charge in [0.05, 0.1) is 22.1 Å². The van der Waals surface area contributed by atoms with E-state index < -0.39 is 0 Å². The number of para-hydroxylation sites is 3. The molecule has 4 nitrogen and oxygen atoms in total. The summed E-state index contributed by atoms with van der Waals surface area (Å²) >= 11 is 6.41. The predicted octanol–water partition coefficient (Wildman–Crippen LogP) is 3.15. The van der Waals surface area contributed by atoms with E-state index in [9.17, 15) is 4.79 Å². The van der Waals surface area contributed by atoms with Crippen LogP contribution in [0, 0.1) is 0 Å². The maximum absolute atomic E-state index is 12.0. The van der Waals surface area contributed by atoms with Crippen LogP contribution in [0.25, 0.3) is 0 Å². The summed E-state index contributed by atoms with van der Waals surface area (Å²) in [5.41, 5.74) is 3.72.